The number of amides is 1. The first-order chi connectivity index (χ1) is 8.06. The van der Waals surface area contributed by atoms with Crippen LogP contribution >= 0.6 is 0 Å². The van der Waals surface area contributed by atoms with E-state index < -0.39 is 6.04 Å². The van der Waals surface area contributed by atoms with Crippen LogP contribution in [0.15, 0.2) is 0 Å². The van der Waals surface area contributed by atoms with Gasteiger partial charge in [-0.3, -0.25) is 4.79 Å². The van der Waals surface area contributed by atoms with E-state index in [0.29, 0.717) is 18.6 Å². The number of carbonyl (C=O) groups is 1. The number of hydrogen-bond donors (Lipinski definition) is 1. The lowest BCUT2D eigenvalue weighted by Crippen LogP contribution is -2.50. The molecule has 1 aliphatic rings. The summed E-state index contributed by atoms with van der Waals surface area (Å²) in [4.78, 5) is 14.3. The molecule has 0 aromatic rings. The van der Waals surface area contributed by atoms with Crippen LogP contribution < -0.4 is 5.73 Å². The second-order valence-corrected chi connectivity index (χ2v) is 5.38. The Bertz CT molecular complexity index is 238. The molecule has 1 fully saturated rings. The molecule has 0 aromatic carbocycles. The molecule has 1 unspecified atom stereocenters. The van der Waals surface area contributed by atoms with E-state index in [2.05, 4.69) is 13.8 Å². The predicted octanol–water partition coefficient (Wildman–Crippen LogP) is 1.39. The van der Waals surface area contributed by atoms with Crippen molar-refractivity contribution in [1.82, 2.24) is 4.90 Å². The van der Waals surface area contributed by atoms with Crippen LogP contribution in [0, 0.1) is 5.92 Å². The van der Waals surface area contributed by atoms with Crippen molar-refractivity contribution in [3.8, 4) is 0 Å². The lowest BCUT2D eigenvalue weighted by molar-refractivity contribution is -0.136. The molecule has 1 aliphatic carbocycles. The third-order valence-corrected chi connectivity index (χ3v) is 3.27. The van der Waals surface area contributed by atoms with Crippen molar-refractivity contribution in [3.05, 3.63) is 0 Å². The number of rotatable bonds is 6. The lowest BCUT2D eigenvalue weighted by Gasteiger charge is -2.32. The standard InChI is InChI=1S/C13H26N2O2/c1-10(2)8-15(11-6-4-5-7-11)13(16)12(14)9-17-3/h10-12H,4-9,14H2,1-3H3. The maximum Gasteiger partial charge on any atom is 0.242 e. The Labute approximate surface area is 104 Å². The van der Waals surface area contributed by atoms with Crippen LogP contribution in [-0.4, -0.2) is 43.2 Å². The van der Waals surface area contributed by atoms with E-state index in [1.54, 1.807) is 7.11 Å². The molecule has 1 rings (SSSR count). The molecular weight excluding hydrogens is 216 g/mol. The highest BCUT2D eigenvalue weighted by atomic mass is 16.5. The van der Waals surface area contributed by atoms with Crippen molar-refractivity contribution in [2.24, 2.45) is 11.7 Å². The molecule has 0 heterocycles. The monoisotopic (exact) mass is 242 g/mol. The van der Waals surface area contributed by atoms with Crippen molar-refractivity contribution >= 4 is 5.91 Å². The first-order valence-corrected chi connectivity index (χ1v) is 6.61. The number of ether oxygens (including phenoxy) is 1. The van der Waals surface area contributed by atoms with Gasteiger partial charge in [-0.1, -0.05) is 26.7 Å². The SMILES string of the molecule is COCC(N)C(=O)N(CC(C)C)C1CCCC1. The van der Waals surface area contributed by atoms with E-state index in [1.165, 1.54) is 12.8 Å². The number of methoxy groups -OCH3 is 1. The average Bonchev–Trinajstić information content (AvgIpc) is 2.78. The van der Waals surface area contributed by atoms with Crippen LogP contribution in [0.5, 0.6) is 0 Å². The third kappa shape index (κ3) is 4.28. The minimum atomic E-state index is -0.514. The first-order valence-electron chi connectivity index (χ1n) is 6.61. The van der Waals surface area contributed by atoms with Gasteiger partial charge in [-0.2, -0.15) is 0 Å². The van der Waals surface area contributed by atoms with Crippen LogP contribution in [0.1, 0.15) is 39.5 Å². The highest BCUT2D eigenvalue weighted by Crippen LogP contribution is 2.24. The molecular formula is C13H26N2O2. The third-order valence-electron chi connectivity index (χ3n) is 3.27. The molecule has 2 N–H and O–H groups in total. The quantitative estimate of drug-likeness (QED) is 0.765. The fourth-order valence-corrected chi connectivity index (χ4v) is 2.49. The van der Waals surface area contributed by atoms with Crippen molar-refractivity contribution in [1.29, 1.82) is 0 Å². The Morgan fingerprint density at radius 3 is 2.47 bits per heavy atom. The van der Waals surface area contributed by atoms with Gasteiger partial charge in [0, 0.05) is 19.7 Å². The maximum atomic E-state index is 12.3. The number of nitrogens with zero attached hydrogens (tertiary/aromatic N) is 1. The Kier molecular flexibility index (Phi) is 5.92. The molecule has 0 aliphatic heterocycles. The lowest BCUT2D eigenvalue weighted by atomic mass is 10.1. The first kappa shape index (κ1) is 14.5. The van der Waals surface area contributed by atoms with E-state index in [0.717, 1.165) is 19.4 Å². The number of hydrogen-bond acceptors (Lipinski definition) is 3. The molecule has 17 heavy (non-hydrogen) atoms. The van der Waals surface area contributed by atoms with Gasteiger partial charge in [-0.25, -0.2) is 0 Å². The Balaban J connectivity index is 2.63. The van der Waals surface area contributed by atoms with E-state index in [1.807, 2.05) is 4.90 Å². The van der Waals surface area contributed by atoms with Crippen molar-refractivity contribution in [3.63, 3.8) is 0 Å². The molecule has 0 spiro atoms. The van der Waals surface area contributed by atoms with E-state index >= 15 is 0 Å². The number of carbonyl (C=O) groups excluding carboxylic acids is 1. The smallest absolute Gasteiger partial charge is 0.242 e. The molecule has 1 atom stereocenters. The molecule has 0 aromatic heterocycles. The maximum absolute atomic E-state index is 12.3. The predicted molar refractivity (Wildman–Crippen MR) is 68.7 cm³/mol. The van der Waals surface area contributed by atoms with E-state index in [-0.39, 0.29) is 5.91 Å². The fourth-order valence-electron chi connectivity index (χ4n) is 2.49. The van der Waals surface area contributed by atoms with Crippen LogP contribution in [0.4, 0.5) is 0 Å². The summed E-state index contributed by atoms with van der Waals surface area (Å²) in [6.07, 6.45) is 4.70. The highest BCUT2D eigenvalue weighted by Gasteiger charge is 2.29. The zero-order valence-electron chi connectivity index (χ0n) is 11.3. The van der Waals surface area contributed by atoms with Gasteiger partial charge in [0.25, 0.3) is 0 Å². The van der Waals surface area contributed by atoms with Crippen LogP contribution in [0.3, 0.4) is 0 Å². The van der Waals surface area contributed by atoms with Crippen molar-refractivity contribution < 1.29 is 9.53 Å². The van der Waals surface area contributed by atoms with E-state index in [9.17, 15) is 4.79 Å². The van der Waals surface area contributed by atoms with Crippen molar-refractivity contribution in [2.75, 3.05) is 20.3 Å². The van der Waals surface area contributed by atoms with Crippen LogP contribution in [0.25, 0.3) is 0 Å². The summed E-state index contributed by atoms with van der Waals surface area (Å²) in [6.45, 7) is 5.38. The molecule has 0 radical (unpaired) electrons. The summed E-state index contributed by atoms with van der Waals surface area (Å²) in [6, 6.07) is -0.118. The van der Waals surface area contributed by atoms with Gasteiger partial charge in [0.1, 0.15) is 6.04 Å². The summed E-state index contributed by atoms with van der Waals surface area (Å²) < 4.78 is 4.97. The topological polar surface area (TPSA) is 55.6 Å². The van der Waals surface area contributed by atoms with Gasteiger partial charge >= 0.3 is 0 Å². The fraction of sp³-hybridized carbons (Fsp3) is 0.923. The van der Waals surface area contributed by atoms with Crippen molar-refractivity contribution in [2.45, 2.75) is 51.6 Å². The minimum absolute atomic E-state index is 0.0486. The summed E-state index contributed by atoms with van der Waals surface area (Å²) >= 11 is 0. The van der Waals surface area contributed by atoms with Gasteiger partial charge in [0.15, 0.2) is 0 Å². The Morgan fingerprint density at radius 1 is 1.41 bits per heavy atom. The summed E-state index contributed by atoms with van der Waals surface area (Å²) in [5, 5.41) is 0. The largest absolute Gasteiger partial charge is 0.383 e. The van der Waals surface area contributed by atoms with Crippen LogP contribution in [0.2, 0.25) is 0 Å². The summed E-state index contributed by atoms with van der Waals surface area (Å²) in [5.74, 6) is 0.529. The zero-order valence-corrected chi connectivity index (χ0v) is 11.3. The van der Waals surface area contributed by atoms with Gasteiger partial charge in [-0.15, -0.1) is 0 Å². The molecule has 1 saturated carbocycles. The van der Waals surface area contributed by atoms with Gasteiger partial charge in [0.2, 0.25) is 5.91 Å². The highest BCUT2D eigenvalue weighted by molar-refractivity contribution is 5.82. The van der Waals surface area contributed by atoms with E-state index in [4.69, 9.17) is 10.5 Å². The molecule has 0 bridgehead atoms. The Hall–Kier alpha value is -0.610. The minimum Gasteiger partial charge on any atom is -0.383 e. The Morgan fingerprint density at radius 2 is 2.00 bits per heavy atom. The second kappa shape index (κ2) is 6.97. The average molecular weight is 242 g/mol. The zero-order chi connectivity index (χ0) is 12.8. The summed E-state index contributed by atoms with van der Waals surface area (Å²) in [7, 11) is 1.58. The van der Waals surface area contributed by atoms with Gasteiger partial charge in [-0.05, 0) is 18.8 Å². The molecule has 100 valence electrons. The number of nitrogens with two attached hydrogens (primary N) is 1. The normalized spacial score (nSPS) is 18.6. The van der Waals surface area contributed by atoms with Gasteiger partial charge < -0.3 is 15.4 Å². The summed E-state index contributed by atoms with van der Waals surface area (Å²) in [5.41, 5.74) is 5.86. The van der Waals surface area contributed by atoms with Gasteiger partial charge in [0.05, 0.1) is 6.61 Å². The van der Waals surface area contributed by atoms with Crippen LogP contribution in [-0.2, 0) is 9.53 Å². The molecule has 0 saturated heterocycles. The molecule has 4 nitrogen and oxygen atoms in total. The second-order valence-electron chi connectivity index (χ2n) is 5.38. The molecule has 4 heteroatoms. The molecule has 1 amide bonds.